The predicted octanol–water partition coefficient (Wildman–Crippen LogP) is 3.28. The number of carbonyl (C=O) groups is 1. The lowest BCUT2D eigenvalue weighted by Gasteiger charge is -2.20. The highest BCUT2D eigenvalue weighted by Gasteiger charge is 2.21. The molecule has 0 fully saturated rings. The van der Waals surface area contributed by atoms with Crippen molar-refractivity contribution >= 4 is 11.7 Å². The number of hydrogen-bond acceptors (Lipinski definition) is 6. The molecule has 1 aliphatic heterocycles. The third-order valence-electron chi connectivity index (χ3n) is 3.90. The van der Waals surface area contributed by atoms with Crippen LogP contribution in [0.15, 0.2) is 36.4 Å². The van der Waals surface area contributed by atoms with Gasteiger partial charge >= 0.3 is 5.97 Å². The van der Waals surface area contributed by atoms with E-state index in [4.69, 9.17) is 14.2 Å². The Morgan fingerprint density at radius 3 is 2.77 bits per heavy atom. The van der Waals surface area contributed by atoms with Gasteiger partial charge in [-0.3, -0.25) is 14.9 Å². The van der Waals surface area contributed by atoms with Crippen molar-refractivity contribution in [2.75, 3.05) is 6.79 Å². The number of nitro benzene ring substituents is 1. The number of aryl methyl sites for hydroxylation is 1. The maximum atomic E-state index is 12.9. The van der Waals surface area contributed by atoms with Crippen LogP contribution in [0.5, 0.6) is 5.75 Å². The lowest BCUT2D eigenvalue weighted by atomic mass is 10.1. The molecule has 0 amide bonds. The zero-order chi connectivity index (χ0) is 18.5. The number of nitrogens with zero attached hydrogens (tertiary/aromatic N) is 1. The zero-order valence-electron chi connectivity index (χ0n) is 13.8. The molecule has 1 heterocycles. The van der Waals surface area contributed by atoms with Crippen LogP contribution < -0.4 is 4.74 Å². The van der Waals surface area contributed by atoms with Crippen LogP contribution in [0.1, 0.15) is 23.1 Å². The van der Waals surface area contributed by atoms with Gasteiger partial charge in [-0.15, -0.1) is 0 Å². The van der Waals surface area contributed by atoms with Crippen LogP contribution in [0.2, 0.25) is 0 Å². The van der Waals surface area contributed by atoms with E-state index < -0.39 is 10.9 Å². The molecule has 0 saturated heterocycles. The number of benzene rings is 2. The largest absolute Gasteiger partial charge is 0.467 e. The number of rotatable bonds is 6. The van der Waals surface area contributed by atoms with Crippen LogP contribution >= 0.6 is 0 Å². The molecule has 7 nitrogen and oxygen atoms in total. The molecular formula is C18H16FNO6. The first-order valence-electron chi connectivity index (χ1n) is 7.94. The van der Waals surface area contributed by atoms with E-state index in [-0.39, 0.29) is 37.9 Å². The van der Waals surface area contributed by atoms with Crippen LogP contribution in [0.4, 0.5) is 10.1 Å². The van der Waals surface area contributed by atoms with E-state index in [1.54, 1.807) is 12.1 Å². The summed E-state index contributed by atoms with van der Waals surface area (Å²) in [5.74, 6) is -0.342. The Kier molecular flexibility index (Phi) is 5.43. The topological polar surface area (TPSA) is 87.9 Å². The molecule has 0 aliphatic carbocycles. The second kappa shape index (κ2) is 7.92. The van der Waals surface area contributed by atoms with Crippen LogP contribution in [0.3, 0.4) is 0 Å². The van der Waals surface area contributed by atoms with Gasteiger partial charge in [-0.25, -0.2) is 4.39 Å². The minimum Gasteiger partial charge on any atom is -0.467 e. The molecule has 0 spiro atoms. The monoisotopic (exact) mass is 361 g/mol. The highest BCUT2D eigenvalue weighted by atomic mass is 19.1. The van der Waals surface area contributed by atoms with Crippen molar-refractivity contribution < 1.29 is 28.3 Å². The zero-order valence-corrected chi connectivity index (χ0v) is 13.8. The maximum Gasteiger partial charge on any atom is 0.306 e. The SMILES string of the molecule is O=C(CCc1ccc(F)cc1)OCc1cc([N+](=O)[O-])cc2c1OCOC2. The molecule has 0 aromatic heterocycles. The number of carbonyl (C=O) groups excluding carboxylic acids is 1. The molecule has 2 aromatic rings. The Hall–Kier alpha value is -3.00. The number of halogens is 1. The van der Waals surface area contributed by atoms with Gasteiger partial charge in [0.05, 0.1) is 11.5 Å². The van der Waals surface area contributed by atoms with Crippen molar-refractivity contribution in [1.82, 2.24) is 0 Å². The quantitative estimate of drug-likeness (QED) is 0.446. The summed E-state index contributed by atoms with van der Waals surface area (Å²) in [7, 11) is 0. The number of non-ortho nitro benzene ring substituents is 1. The molecule has 26 heavy (non-hydrogen) atoms. The molecule has 0 radical (unpaired) electrons. The fraction of sp³-hybridized carbons (Fsp3) is 0.278. The van der Waals surface area contributed by atoms with Crippen molar-refractivity contribution in [3.8, 4) is 5.75 Å². The van der Waals surface area contributed by atoms with E-state index >= 15 is 0 Å². The normalized spacial score (nSPS) is 12.8. The molecule has 0 atom stereocenters. The van der Waals surface area contributed by atoms with E-state index in [1.165, 1.54) is 24.3 Å². The maximum absolute atomic E-state index is 12.9. The number of fused-ring (bicyclic) bond motifs is 1. The van der Waals surface area contributed by atoms with Gasteiger partial charge < -0.3 is 14.2 Å². The van der Waals surface area contributed by atoms with E-state index in [0.29, 0.717) is 23.3 Å². The van der Waals surface area contributed by atoms with Gasteiger partial charge in [-0.2, -0.15) is 0 Å². The Morgan fingerprint density at radius 1 is 1.27 bits per heavy atom. The Labute approximate surface area is 148 Å². The molecule has 0 saturated carbocycles. The number of hydrogen-bond donors (Lipinski definition) is 0. The Bertz CT molecular complexity index is 821. The number of esters is 1. The van der Waals surface area contributed by atoms with Gasteiger partial charge in [0.2, 0.25) is 0 Å². The van der Waals surface area contributed by atoms with E-state index in [9.17, 15) is 19.3 Å². The average molecular weight is 361 g/mol. The Morgan fingerprint density at radius 2 is 2.04 bits per heavy atom. The number of nitro groups is 1. The standard InChI is InChI=1S/C18H16FNO6/c19-15-4-1-12(2-5-15)3-6-17(21)25-10-14-8-16(20(22)23)7-13-9-24-11-26-18(13)14/h1-2,4-5,7-8H,3,6,9-11H2. The van der Waals surface area contributed by atoms with E-state index in [2.05, 4.69) is 0 Å². The van der Waals surface area contributed by atoms with Crippen LogP contribution in [0.25, 0.3) is 0 Å². The highest BCUT2D eigenvalue weighted by Crippen LogP contribution is 2.33. The van der Waals surface area contributed by atoms with Crippen molar-refractivity contribution in [3.63, 3.8) is 0 Å². The first-order valence-corrected chi connectivity index (χ1v) is 7.94. The lowest BCUT2D eigenvalue weighted by Crippen LogP contribution is -2.15. The van der Waals surface area contributed by atoms with Crippen LogP contribution in [-0.4, -0.2) is 17.7 Å². The second-order valence-corrected chi connectivity index (χ2v) is 5.75. The third kappa shape index (κ3) is 4.34. The van der Waals surface area contributed by atoms with Crippen molar-refractivity contribution in [2.45, 2.75) is 26.1 Å². The predicted molar refractivity (Wildman–Crippen MR) is 87.9 cm³/mol. The summed E-state index contributed by atoms with van der Waals surface area (Å²) in [6.07, 6.45) is 0.531. The van der Waals surface area contributed by atoms with Gasteiger partial charge in [0.15, 0.2) is 6.79 Å². The molecular weight excluding hydrogens is 345 g/mol. The van der Waals surface area contributed by atoms with Gasteiger partial charge in [0.25, 0.3) is 5.69 Å². The molecule has 3 rings (SSSR count). The van der Waals surface area contributed by atoms with E-state index in [0.717, 1.165) is 5.56 Å². The Balaban J connectivity index is 1.63. The first-order chi connectivity index (χ1) is 12.5. The van der Waals surface area contributed by atoms with Gasteiger partial charge in [-0.05, 0) is 24.1 Å². The number of ether oxygens (including phenoxy) is 3. The third-order valence-corrected chi connectivity index (χ3v) is 3.90. The first kappa shape index (κ1) is 17.8. The fourth-order valence-electron chi connectivity index (χ4n) is 2.62. The summed E-state index contributed by atoms with van der Waals surface area (Å²) < 4.78 is 28.6. The van der Waals surface area contributed by atoms with Gasteiger partial charge in [-0.1, -0.05) is 12.1 Å². The fourth-order valence-corrected chi connectivity index (χ4v) is 2.62. The van der Waals surface area contributed by atoms with Crippen molar-refractivity contribution in [3.05, 3.63) is 69.0 Å². The molecule has 0 bridgehead atoms. The summed E-state index contributed by atoms with van der Waals surface area (Å²) in [6.45, 7) is 0.102. The molecule has 2 aromatic carbocycles. The summed E-state index contributed by atoms with van der Waals surface area (Å²) in [5.41, 5.74) is 1.67. The lowest BCUT2D eigenvalue weighted by molar-refractivity contribution is -0.385. The molecule has 0 unspecified atom stereocenters. The molecule has 0 N–H and O–H groups in total. The van der Waals surface area contributed by atoms with E-state index in [1.807, 2.05) is 0 Å². The summed E-state index contributed by atoms with van der Waals surface area (Å²) in [4.78, 5) is 22.5. The van der Waals surface area contributed by atoms with Gasteiger partial charge in [0.1, 0.15) is 18.2 Å². The second-order valence-electron chi connectivity index (χ2n) is 5.75. The summed E-state index contributed by atoms with van der Waals surface area (Å²) in [5, 5.41) is 11.0. The molecule has 136 valence electrons. The van der Waals surface area contributed by atoms with Crippen LogP contribution in [0, 0.1) is 15.9 Å². The smallest absolute Gasteiger partial charge is 0.306 e. The molecule has 8 heteroatoms. The van der Waals surface area contributed by atoms with Gasteiger partial charge in [0, 0.05) is 29.7 Å². The van der Waals surface area contributed by atoms with Crippen LogP contribution in [-0.2, 0) is 33.9 Å². The summed E-state index contributed by atoms with van der Waals surface area (Å²) in [6, 6.07) is 8.58. The minimum absolute atomic E-state index is 0.0380. The summed E-state index contributed by atoms with van der Waals surface area (Å²) >= 11 is 0. The average Bonchev–Trinajstić information content (AvgIpc) is 2.65. The minimum atomic E-state index is -0.519. The highest BCUT2D eigenvalue weighted by molar-refractivity contribution is 5.70. The van der Waals surface area contributed by atoms with Crippen molar-refractivity contribution in [2.24, 2.45) is 0 Å². The molecule has 1 aliphatic rings. The van der Waals surface area contributed by atoms with Crippen molar-refractivity contribution in [1.29, 1.82) is 0 Å².